The molecule has 0 spiro atoms. The molecule has 0 aliphatic carbocycles. The van der Waals surface area contributed by atoms with Gasteiger partial charge in [0.15, 0.2) is 0 Å². The summed E-state index contributed by atoms with van der Waals surface area (Å²) >= 11 is 5.60. The maximum Gasteiger partial charge on any atom is 0.0622 e. The van der Waals surface area contributed by atoms with Gasteiger partial charge in [0.1, 0.15) is 0 Å². The highest BCUT2D eigenvalue weighted by molar-refractivity contribution is 6.17. The Morgan fingerprint density at radius 3 is 2.92 bits per heavy atom. The highest BCUT2D eigenvalue weighted by Crippen LogP contribution is 2.10. The summed E-state index contributed by atoms with van der Waals surface area (Å²) in [4.78, 5) is 2.39. The van der Waals surface area contributed by atoms with Crippen LogP contribution in [0.3, 0.4) is 0 Å². The van der Waals surface area contributed by atoms with E-state index in [0.717, 1.165) is 32.1 Å². The third-order valence-corrected chi connectivity index (χ3v) is 2.69. The van der Waals surface area contributed by atoms with Gasteiger partial charge in [0.25, 0.3) is 0 Å². The van der Waals surface area contributed by atoms with Crippen molar-refractivity contribution in [3.63, 3.8) is 0 Å². The fourth-order valence-corrected chi connectivity index (χ4v) is 1.70. The average Bonchev–Trinajstić information content (AvgIpc) is 2.56. The van der Waals surface area contributed by atoms with E-state index >= 15 is 0 Å². The van der Waals surface area contributed by atoms with Gasteiger partial charge in [0.05, 0.1) is 6.61 Å². The van der Waals surface area contributed by atoms with Gasteiger partial charge >= 0.3 is 0 Å². The first-order valence-corrected chi connectivity index (χ1v) is 5.22. The third-order valence-electron chi connectivity index (χ3n) is 2.42. The number of unbranched alkanes of at least 4 members (excludes halogenated alkanes) is 1. The number of alkyl halides is 1. The second kappa shape index (κ2) is 5.79. The van der Waals surface area contributed by atoms with Gasteiger partial charge in [-0.2, -0.15) is 0 Å². The zero-order valence-electron chi connectivity index (χ0n) is 7.76. The SMILES string of the molecule is CN(CCCCCl)C1CCOC1. The lowest BCUT2D eigenvalue weighted by molar-refractivity contribution is 0.158. The van der Waals surface area contributed by atoms with Gasteiger partial charge in [0, 0.05) is 18.5 Å². The lowest BCUT2D eigenvalue weighted by Gasteiger charge is -2.22. The monoisotopic (exact) mass is 191 g/mol. The Morgan fingerprint density at radius 2 is 2.33 bits per heavy atom. The summed E-state index contributed by atoms with van der Waals surface area (Å²) in [6.45, 7) is 3.00. The van der Waals surface area contributed by atoms with Gasteiger partial charge in [-0.1, -0.05) is 0 Å². The van der Waals surface area contributed by atoms with Crippen LogP contribution in [0.1, 0.15) is 19.3 Å². The number of halogens is 1. The standard InChI is InChI=1S/C9H18ClNO/c1-11(6-3-2-5-10)9-4-7-12-8-9/h9H,2-8H2,1H3. The number of rotatable bonds is 5. The molecule has 2 nitrogen and oxygen atoms in total. The summed E-state index contributed by atoms with van der Waals surface area (Å²) in [6.07, 6.45) is 3.52. The van der Waals surface area contributed by atoms with E-state index in [1.807, 2.05) is 0 Å². The molecule has 0 amide bonds. The summed E-state index contributed by atoms with van der Waals surface area (Å²) in [5, 5.41) is 0. The molecule has 0 radical (unpaired) electrons. The largest absolute Gasteiger partial charge is 0.380 e. The summed E-state index contributed by atoms with van der Waals surface area (Å²) < 4.78 is 5.32. The van der Waals surface area contributed by atoms with Gasteiger partial charge in [-0.25, -0.2) is 0 Å². The van der Waals surface area contributed by atoms with E-state index in [2.05, 4.69) is 11.9 Å². The van der Waals surface area contributed by atoms with Gasteiger partial charge in [-0.05, 0) is 32.9 Å². The second-order valence-corrected chi connectivity index (χ2v) is 3.77. The molecule has 1 aliphatic rings. The fourth-order valence-electron chi connectivity index (χ4n) is 1.51. The molecule has 0 bridgehead atoms. The van der Waals surface area contributed by atoms with E-state index in [9.17, 15) is 0 Å². The Labute approximate surface area is 79.8 Å². The van der Waals surface area contributed by atoms with Crippen LogP contribution in [0.2, 0.25) is 0 Å². The normalized spacial score (nSPS) is 23.8. The zero-order valence-corrected chi connectivity index (χ0v) is 8.52. The molecule has 1 fully saturated rings. The van der Waals surface area contributed by atoms with Gasteiger partial charge in [-0.3, -0.25) is 0 Å². The molecular formula is C9H18ClNO. The van der Waals surface area contributed by atoms with Crippen molar-refractivity contribution in [2.75, 3.05) is 32.7 Å². The van der Waals surface area contributed by atoms with Gasteiger partial charge in [-0.15, -0.1) is 11.6 Å². The first kappa shape index (κ1) is 10.3. The summed E-state index contributed by atoms with van der Waals surface area (Å²) in [5.41, 5.74) is 0. The van der Waals surface area contributed by atoms with E-state index in [1.165, 1.54) is 12.8 Å². The molecule has 12 heavy (non-hydrogen) atoms. The van der Waals surface area contributed by atoms with Crippen LogP contribution in [0.15, 0.2) is 0 Å². The number of likely N-dealkylation sites (N-methyl/N-ethyl adjacent to an activating group) is 1. The third kappa shape index (κ3) is 3.30. The predicted molar refractivity (Wildman–Crippen MR) is 51.8 cm³/mol. The van der Waals surface area contributed by atoms with Crippen LogP contribution in [0.5, 0.6) is 0 Å². The Bertz CT molecular complexity index is 115. The van der Waals surface area contributed by atoms with E-state index in [4.69, 9.17) is 16.3 Å². The molecular weight excluding hydrogens is 174 g/mol. The van der Waals surface area contributed by atoms with Crippen LogP contribution in [0, 0.1) is 0 Å². The fraction of sp³-hybridized carbons (Fsp3) is 1.00. The van der Waals surface area contributed by atoms with Crippen LogP contribution in [0.4, 0.5) is 0 Å². The lowest BCUT2D eigenvalue weighted by atomic mass is 10.2. The Kier molecular flexibility index (Phi) is 4.96. The first-order valence-electron chi connectivity index (χ1n) is 4.68. The minimum absolute atomic E-state index is 0.653. The highest BCUT2D eigenvalue weighted by atomic mass is 35.5. The van der Waals surface area contributed by atoms with Gasteiger partial charge in [0.2, 0.25) is 0 Å². The molecule has 1 rings (SSSR count). The Balaban J connectivity index is 2.05. The quantitative estimate of drug-likeness (QED) is 0.485. The maximum atomic E-state index is 5.60. The second-order valence-electron chi connectivity index (χ2n) is 3.39. The average molecular weight is 192 g/mol. The van der Waals surface area contributed by atoms with Crippen molar-refractivity contribution in [1.82, 2.24) is 4.90 Å². The van der Waals surface area contributed by atoms with Crippen LogP contribution in [0.25, 0.3) is 0 Å². The van der Waals surface area contributed by atoms with Crippen molar-refractivity contribution in [1.29, 1.82) is 0 Å². The molecule has 0 N–H and O–H groups in total. The number of nitrogens with zero attached hydrogens (tertiary/aromatic N) is 1. The van der Waals surface area contributed by atoms with Crippen molar-refractivity contribution in [3.8, 4) is 0 Å². The van der Waals surface area contributed by atoms with Crippen LogP contribution >= 0.6 is 11.6 Å². The molecule has 1 aliphatic heterocycles. The van der Waals surface area contributed by atoms with E-state index in [1.54, 1.807) is 0 Å². The molecule has 0 saturated carbocycles. The molecule has 0 aromatic carbocycles. The Morgan fingerprint density at radius 1 is 1.50 bits per heavy atom. The van der Waals surface area contributed by atoms with E-state index in [-0.39, 0.29) is 0 Å². The lowest BCUT2D eigenvalue weighted by Crippen LogP contribution is -2.32. The highest BCUT2D eigenvalue weighted by Gasteiger charge is 2.19. The van der Waals surface area contributed by atoms with Crippen molar-refractivity contribution < 1.29 is 4.74 Å². The minimum Gasteiger partial charge on any atom is -0.380 e. The Hall–Kier alpha value is 0.210. The molecule has 72 valence electrons. The molecule has 1 heterocycles. The van der Waals surface area contributed by atoms with Crippen molar-refractivity contribution in [2.45, 2.75) is 25.3 Å². The number of hydrogen-bond donors (Lipinski definition) is 0. The van der Waals surface area contributed by atoms with E-state index in [0.29, 0.717) is 6.04 Å². The van der Waals surface area contributed by atoms with Crippen LogP contribution < -0.4 is 0 Å². The minimum atomic E-state index is 0.653. The summed E-state index contributed by atoms with van der Waals surface area (Å²) in [6, 6.07) is 0.653. The van der Waals surface area contributed by atoms with E-state index < -0.39 is 0 Å². The van der Waals surface area contributed by atoms with Crippen molar-refractivity contribution in [3.05, 3.63) is 0 Å². The molecule has 1 saturated heterocycles. The summed E-state index contributed by atoms with van der Waals surface area (Å²) in [5.74, 6) is 0.787. The van der Waals surface area contributed by atoms with Crippen molar-refractivity contribution >= 4 is 11.6 Å². The molecule has 3 heteroatoms. The molecule has 0 aromatic heterocycles. The topological polar surface area (TPSA) is 12.5 Å². The summed E-state index contributed by atoms with van der Waals surface area (Å²) in [7, 11) is 2.17. The maximum absolute atomic E-state index is 5.60. The smallest absolute Gasteiger partial charge is 0.0622 e. The molecule has 1 atom stereocenters. The zero-order chi connectivity index (χ0) is 8.81. The molecule has 1 unspecified atom stereocenters. The van der Waals surface area contributed by atoms with Crippen LogP contribution in [-0.2, 0) is 4.74 Å². The first-order chi connectivity index (χ1) is 5.84. The van der Waals surface area contributed by atoms with Crippen LogP contribution in [-0.4, -0.2) is 43.6 Å². The number of ether oxygens (including phenoxy) is 1. The van der Waals surface area contributed by atoms with Crippen molar-refractivity contribution in [2.24, 2.45) is 0 Å². The predicted octanol–water partition coefficient (Wildman–Crippen LogP) is 1.73. The number of hydrogen-bond acceptors (Lipinski definition) is 2. The van der Waals surface area contributed by atoms with Gasteiger partial charge < -0.3 is 9.64 Å². The molecule has 0 aromatic rings.